The molecule has 3 nitrogen and oxygen atoms in total. The maximum atomic E-state index is 9.64. The molecule has 1 atom stereocenters. The Bertz CT molecular complexity index is 341. The molecular formula is C11H16N2O. The molecule has 0 fully saturated rings. The first-order valence-corrected chi connectivity index (χ1v) is 5.14. The minimum atomic E-state index is -0.276. The van der Waals surface area contributed by atoms with Crippen molar-refractivity contribution in [3.63, 3.8) is 0 Å². The summed E-state index contributed by atoms with van der Waals surface area (Å²) in [6, 6.07) is 2.00. The number of hydrogen-bond donors (Lipinski definition) is 1. The number of rotatable bonds is 1. The molecule has 14 heavy (non-hydrogen) atoms. The van der Waals surface area contributed by atoms with Crippen molar-refractivity contribution in [2.24, 2.45) is 7.05 Å². The summed E-state index contributed by atoms with van der Waals surface area (Å²) >= 11 is 0. The molecule has 0 bridgehead atoms. The van der Waals surface area contributed by atoms with Crippen LogP contribution in [0.3, 0.4) is 0 Å². The largest absolute Gasteiger partial charge is 0.389 e. The first-order chi connectivity index (χ1) is 6.77. The molecule has 0 aliphatic heterocycles. The van der Waals surface area contributed by atoms with Gasteiger partial charge in [-0.1, -0.05) is 12.5 Å². The second-order valence-electron chi connectivity index (χ2n) is 3.85. The van der Waals surface area contributed by atoms with Crippen molar-refractivity contribution in [3.05, 3.63) is 24.0 Å². The summed E-state index contributed by atoms with van der Waals surface area (Å²) in [6.07, 6.45) is 7.71. The number of nitrogens with zero attached hydrogens (tertiary/aromatic N) is 2. The van der Waals surface area contributed by atoms with Crippen molar-refractivity contribution in [1.29, 1.82) is 0 Å². The Morgan fingerprint density at radius 1 is 1.50 bits per heavy atom. The summed E-state index contributed by atoms with van der Waals surface area (Å²) in [6.45, 7) is 0. The van der Waals surface area contributed by atoms with Crippen molar-refractivity contribution < 1.29 is 5.11 Å². The van der Waals surface area contributed by atoms with Crippen molar-refractivity contribution in [2.45, 2.75) is 31.8 Å². The van der Waals surface area contributed by atoms with E-state index < -0.39 is 0 Å². The highest BCUT2D eigenvalue weighted by atomic mass is 16.3. The molecule has 1 heterocycles. The second-order valence-corrected chi connectivity index (χ2v) is 3.85. The molecular weight excluding hydrogens is 176 g/mol. The third-order valence-corrected chi connectivity index (χ3v) is 2.74. The fraction of sp³-hybridized carbons (Fsp3) is 0.545. The van der Waals surface area contributed by atoms with Crippen LogP contribution >= 0.6 is 0 Å². The summed E-state index contributed by atoms with van der Waals surface area (Å²) < 4.78 is 1.86. The monoisotopic (exact) mass is 192 g/mol. The number of allylic oxidation sites excluding steroid dienone is 1. The van der Waals surface area contributed by atoms with E-state index in [1.807, 2.05) is 23.9 Å². The summed E-state index contributed by atoms with van der Waals surface area (Å²) in [5.74, 6) is 0. The summed E-state index contributed by atoms with van der Waals surface area (Å²) in [5.41, 5.74) is 2.36. The molecule has 0 saturated heterocycles. The van der Waals surface area contributed by atoms with Crippen LogP contribution in [-0.4, -0.2) is 21.0 Å². The molecule has 2 rings (SSSR count). The van der Waals surface area contributed by atoms with Crippen LogP contribution in [0.5, 0.6) is 0 Å². The maximum Gasteiger partial charge on any atom is 0.0727 e. The minimum Gasteiger partial charge on any atom is -0.389 e. The van der Waals surface area contributed by atoms with E-state index in [4.69, 9.17) is 0 Å². The quantitative estimate of drug-likeness (QED) is 0.736. The number of aliphatic hydroxyl groups is 1. The van der Waals surface area contributed by atoms with E-state index >= 15 is 0 Å². The van der Waals surface area contributed by atoms with Crippen LogP contribution in [0, 0.1) is 0 Å². The van der Waals surface area contributed by atoms with E-state index in [-0.39, 0.29) is 6.10 Å². The zero-order valence-corrected chi connectivity index (χ0v) is 8.48. The van der Waals surface area contributed by atoms with Gasteiger partial charge in [0.25, 0.3) is 0 Å². The third kappa shape index (κ3) is 1.87. The zero-order chi connectivity index (χ0) is 9.97. The molecule has 0 spiro atoms. The van der Waals surface area contributed by atoms with E-state index in [2.05, 4.69) is 5.10 Å². The Kier molecular flexibility index (Phi) is 2.68. The fourth-order valence-electron chi connectivity index (χ4n) is 1.97. The lowest BCUT2D eigenvalue weighted by Crippen LogP contribution is -2.02. The van der Waals surface area contributed by atoms with Gasteiger partial charge in [0.05, 0.1) is 11.8 Å². The molecule has 0 radical (unpaired) electrons. The maximum absolute atomic E-state index is 9.64. The van der Waals surface area contributed by atoms with Crippen LogP contribution in [0.4, 0.5) is 0 Å². The molecule has 1 unspecified atom stereocenters. The van der Waals surface area contributed by atoms with E-state index in [0.717, 1.165) is 31.4 Å². The van der Waals surface area contributed by atoms with E-state index in [1.54, 1.807) is 6.20 Å². The highest BCUT2D eigenvalue weighted by molar-refractivity contribution is 5.63. The molecule has 1 aliphatic carbocycles. The zero-order valence-electron chi connectivity index (χ0n) is 8.48. The van der Waals surface area contributed by atoms with E-state index in [1.165, 1.54) is 5.57 Å². The Balaban J connectivity index is 2.28. The van der Waals surface area contributed by atoms with Gasteiger partial charge in [-0.05, 0) is 30.9 Å². The molecule has 0 aromatic carbocycles. The lowest BCUT2D eigenvalue weighted by Gasteiger charge is -2.06. The predicted octanol–water partition coefficient (Wildman–Crippen LogP) is 1.74. The average molecular weight is 192 g/mol. The van der Waals surface area contributed by atoms with Crippen molar-refractivity contribution in [2.75, 3.05) is 0 Å². The van der Waals surface area contributed by atoms with Crippen LogP contribution in [-0.2, 0) is 7.05 Å². The summed E-state index contributed by atoms with van der Waals surface area (Å²) in [5, 5.41) is 13.8. The molecule has 1 aromatic heterocycles. The second kappa shape index (κ2) is 3.96. The van der Waals surface area contributed by atoms with E-state index in [0.29, 0.717) is 0 Å². The highest BCUT2D eigenvalue weighted by Gasteiger charge is 2.12. The van der Waals surface area contributed by atoms with Crippen LogP contribution in [0.25, 0.3) is 5.57 Å². The molecule has 76 valence electrons. The summed E-state index contributed by atoms with van der Waals surface area (Å²) in [7, 11) is 1.94. The Morgan fingerprint density at radius 2 is 2.36 bits per heavy atom. The number of aryl methyl sites for hydroxylation is 1. The molecule has 1 aromatic rings. The van der Waals surface area contributed by atoms with Gasteiger partial charge in [-0.15, -0.1) is 0 Å². The minimum absolute atomic E-state index is 0.276. The van der Waals surface area contributed by atoms with Crippen LogP contribution in [0.1, 0.15) is 31.4 Å². The van der Waals surface area contributed by atoms with Crippen LogP contribution in [0.2, 0.25) is 0 Å². The van der Waals surface area contributed by atoms with E-state index in [9.17, 15) is 5.11 Å². The van der Waals surface area contributed by atoms with Crippen LogP contribution < -0.4 is 0 Å². The van der Waals surface area contributed by atoms with Crippen LogP contribution in [0.15, 0.2) is 18.3 Å². The first-order valence-electron chi connectivity index (χ1n) is 5.14. The van der Waals surface area contributed by atoms with Crippen molar-refractivity contribution in [3.8, 4) is 0 Å². The molecule has 1 aliphatic rings. The van der Waals surface area contributed by atoms with Gasteiger partial charge in [0.15, 0.2) is 0 Å². The fourth-order valence-corrected chi connectivity index (χ4v) is 1.97. The van der Waals surface area contributed by atoms with Gasteiger partial charge in [-0.3, -0.25) is 4.68 Å². The normalized spacial score (nSPS) is 23.0. The number of hydrogen-bond acceptors (Lipinski definition) is 2. The molecule has 3 heteroatoms. The standard InChI is InChI=1S/C11H16N2O/c1-13-11(6-7-12-13)9-4-2-3-5-10(14)8-9/h6-8,10,14H,2-5H2,1H3. The Hall–Kier alpha value is -1.09. The Morgan fingerprint density at radius 3 is 3.07 bits per heavy atom. The lowest BCUT2D eigenvalue weighted by atomic mass is 10.1. The molecule has 0 amide bonds. The van der Waals surface area contributed by atoms with Gasteiger partial charge in [-0.2, -0.15) is 5.10 Å². The average Bonchev–Trinajstić information content (AvgIpc) is 2.45. The van der Waals surface area contributed by atoms with Gasteiger partial charge in [-0.25, -0.2) is 0 Å². The lowest BCUT2D eigenvalue weighted by molar-refractivity contribution is 0.211. The van der Waals surface area contributed by atoms with Crippen molar-refractivity contribution >= 4 is 5.57 Å². The van der Waals surface area contributed by atoms with Crippen molar-refractivity contribution in [1.82, 2.24) is 9.78 Å². The highest BCUT2D eigenvalue weighted by Crippen LogP contribution is 2.25. The number of aromatic nitrogens is 2. The van der Waals surface area contributed by atoms with Gasteiger partial charge in [0, 0.05) is 13.2 Å². The third-order valence-electron chi connectivity index (χ3n) is 2.74. The first kappa shape index (κ1) is 9.46. The van der Waals surface area contributed by atoms with Gasteiger partial charge in [0.2, 0.25) is 0 Å². The summed E-state index contributed by atoms with van der Waals surface area (Å²) in [4.78, 5) is 0. The van der Waals surface area contributed by atoms with Gasteiger partial charge >= 0.3 is 0 Å². The smallest absolute Gasteiger partial charge is 0.0727 e. The molecule has 0 saturated carbocycles. The topological polar surface area (TPSA) is 38.0 Å². The Labute approximate surface area is 84.1 Å². The van der Waals surface area contributed by atoms with Gasteiger partial charge in [0.1, 0.15) is 0 Å². The predicted molar refractivity (Wildman–Crippen MR) is 55.7 cm³/mol. The SMILES string of the molecule is Cn1nccc1C1=CC(O)CCCC1. The van der Waals surface area contributed by atoms with Gasteiger partial charge < -0.3 is 5.11 Å². The number of aliphatic hydroxyl groups excluding tert-OH is 1. The molecule has 1 N–H and O–H groups in total.